The van der Waals surface area contributed by atoms with Crippen molar-refractivity contribution >= 4 is 16.9 Å². The monoisotopic (exact) mass is 387 g/mol. The van der Waals surface area contributed by atoms with Gasteiger partial charge >= 0.3 is 0 Å². The number of hydrogen-bond acceptors (Lipinski definition) is 5. The van der Waals surface area contributed by atoms with Crippen LogP contribution in [0, 0.1) is 0 Å². The van der Waals surface area contributed by atoms with Gasteiger partial charge in [-0.15, -0.1) is 0 Å². The molecule has 0 aliphatic heterocycles. The number of carbonyl (C=O) groups is 1. The van der Waals surface area contributed by atoms with Gasteiger partial charge in [0.15, 0.2) is 11.5 Å². The van der Waals surface area contributed by atoms with Crippen molar-refractivity contribution in [1.29, 1.82) is 0 Å². The van der Waals surface area contributed by atoms with Gasteiger partial charge < -0.3 is 14.2 Å². The molecule has 1 saturated carbocycles. The number of furan rings is 2. The zero-order valence-electron chi connectivity index (χ0n) is 15.9. The second kappa shape index (κ2) is 7.54. The van der Waals surface area contributed by atoms with E-state index in [9.17, 15) is 4.79 Å². The van der Waals surface area contributed by atoms with Crippen LogP contribution in [0.3, 0.4) is 0 Å². The average Bonchev–Trinajstić information content (AvgIpc) is 3.47. The van der Waals surface area contributed by atoms with E-state index in [0.29, 0.717) is 39.5 Å². The van der Waals surface area contributed by atoms with Gasteiger partial charge in [0.25, 0.3) is 5.91 Å². The van der Waals surface area contributed by atoms with Crippen LogP contribution in [0.5, 0.6) is 0 Å². The standard InChI is InChI=1S/C23H21N3O3/c27-23(24-16-6-2-1-3-7-16)15-10-11-17-18(14-15)26-22(20-9-5-13-29-20)21(25-17)19-8-4-12-28-19/h4-5,8-14,16H,1-3,6-7H2,(H,24,27). The Morgan fingerprint density at radius 3 is 2.14 bits per heavy atom. The normalized spacial score (nSPS) is 14.9. The largest absolute Gasteiger partial charge is 0.463 e. The third kappa shape index (κ3) is 3.53. The molecule has 3 heterocycles. The zero-order chi connectivity index (χ0) is 19.6. The number of fused-ring (bicyclic) bond motifs is 1. The minimum absolute atomic E-state index is 0.0599. The molecular weight excluding hydrogens is 366 g/mol. The number of nitrogens with one attached hydrogen (secondary N) is 1. The molecule has 29 heavy (non-hydrogen) atoms. The fraction of sp³-hybridized carbons (Fsp3) is 0.261. The van der Waals surface area contributed by atoms with Gasteiger partial charge in [0.1, 0.15) is 11.4 Å². The van der Waals surface area contributed by atoms with Crippen LogP contribution < -0.4 is 5.32 Å². The summed E-state index contributed by atoms with van der Waals surface area (Å²) in [6, 6.07) is 13.0. The predicted molar refractivity (Wildman–Crippen MR) is 109 cm³/mol. The van der Waals surface area contributed by atoms with Gasteiger partial charge in [-0.2, -0.15) is 0 Å². The third-order valence-electron chi connectivity index (χ3n) is 5.38. The van der Waals surface area contributed by atoms with Crippen LogP contribution in [-0.4, -0.2) is 21.9 Å². The molecule has 3 aromatic heterocycles. The molecule has 1 aliphatic rings. The summed E-state index contributed by atoms with van der Waals surface area (Å²) in [5.74, 6) is 1.16. The molecule has 5 rings (SSSR count). The first kappa shape index (κ1) is 17.7. The van der Waals surface area contributed by atoms with Crippen LogP contribution in [0.4, 0.5) is 0 Å². The van der Waals surface area contributed by atoms with Crippen molar-refractivity contribution in [3.05, 3.63) is 60.6 Å². The molecule has 0 atom stereocenters. The molecule has 1 N–H and O–H groups in total. The molecule has 1 aromatic carbocycles. The van der Waals surface area contributed by atoms with E-state index in [-0.39, 0.29) is 11.9 Å². The fourth-order valence-electron chi connectivity index (χ4n) is 3.88. The lowest BCUT2D eigenvalue weighted by Gasteiger charge is -2.22. The topological polar surface area (TPSA) is 81.2 Å². The van der Waals surface area contributed by atoms with Crippen LogP contribution in [0.25, 0.3) is 33.9 Å². The van der Waals surface area contributed by atoms with Gasteiger partial charge in [0.2, 0.25) is 0 Å². The Bertz CT molecular complexity index is 1130. The highest BCUT2D eigenvalue weighted by atomic mass is 16.3. The number of carbonyl (C=O) groups excluding carboxylic acids is 1. The maximum Gasteiger partial charge on any atom is 0.251 e. The smallest absolute Gasteiger partial charge is 0.251 e. The van der Waals surface area contributed by atoms with Crippen LogP contribution >= 0.6 is 0 Å². The maximum absolute atomic E-state index is 12.7. The van der Waals surface area contributed by atoms with Crippen LogP contribution in [0.15, 0.2) is 63.8 Å². The summed E-state index contributed by atoms with van der Waals surface area (Å²) >= 11 is 0. The second-order valence-electron chi connectivity index (χ2n) is 7.39. The molecule has 1 aliphatic carbocycles. The van der Waals surface area contributed by atoms with E-state index in [2.05, 4.69) is 5.32 Å². The summed E-state index contributed by atoms with van der Waals surface area (Å²) in [5.41, 5.74) is 3.12. The van der Waals surface area contributed by atoms with Gasteiger partial charge in [0, 0.05) is 11.6 Å². The summed E-state index contributed by atoms with van der Waals surface area (Å²) in [6.45, 7) is 0. The summed E-state index contributed by atoms with van der Waals surface area (Å²) in [5, 5.41) is 3.16. The number of aromatic nitrogens is 2. The highest BCUT2D eigenvalue weighted by Gasteiger charge is 2.20. The van der Waals surface area contributed by atoms with Gasteiger partial charge in [0.05, 0.1) is 23.6 Å². The van der Waals surface area contributed by atoms with E-state index in [1.54, 1.807) is 30.7 Å². The number of benzene rings is 1. The second-order valence-corrected chi connectivity index (χ2v) is 7.39. The SMILES string of the molecule is O=C(NC1CCCCC1)c1ccc2nc(-c3ccco3)c(-c3ccco3)nc2c1. The summed E-state index contributed by atoms with van der Waals surface area (Å²) < 4.78 is 11.1. The van der Waals surface area contributed by atoms with Crippen LogP contribution in [0.1, 0.15) is 42.5 Å². The lowest BCUT2D eigenvalue weighted by molar-refractivity contribution is 0.0928. The van der Waals surface area contributed by atoms with Crippen molar-refractivity contribution in [3.63, 3.8) is 0 Å². The van der Waals surface area contributed by atoms with Crippen LogP contribution in [0.2, 0.25) is 0 Å². The van der Waals surface area contributed by atoms with E-state index in [1.807, 2.05) is 24.3 Å². The van der Waals surface area contributed by atoms with Crippen molar-refractivity contribution in [2.75, 3.05) is 0 Å². The molecular formula is C23H21N3O3. The van der Waals surface area contributed by atoms with Crippen LogP contribution in [-0.2, 0) is 0 Å². The number of rotatable bonds is 4. The highest BCUT2D eigenvalue weighted by molar-refractivity contribution is 5.98. The summed E-state index contributed by atoms with van der Waals surface area (Å²) in [6.07, 6.45) is 8.91. The lowest BCUT2D eigenvalue weighted by atomic mass is 9.95. The Morgan fingerprint density at radius 1 is 0.862 bits per heavy atom. The molecule has 4 aromatic rings. The Morgan fingerprint density at radius 2 is 1.52 bits per heavy atom. The number of amides is 1. The molecule has 0 bridgehead atoms. The van der Waals surface area contributed by atoms with Crippen molar-refractivity contribution in [1.82, 2.24) is 15.3 Å². The first-order valence-corrected chi connectivity index (χ1v) is 9.98. The van der Waals surface area contributed by atoms with E-state index in [4.69, 9.17) is 18.8 Å². The van der Waals surface area contributed by atoms with Crippen molar-refractivity contribution in [2.24, 2.45) is 0 Å². The average molecular weight is 387 g/mol. The fourth-order valence-corrected chi connectivity index (χ4v) is 3.88. The Kier molecular flexibility index (Phi) is 4.60. The van der Waals surface area contributed by atoms with Gasteiger partial charge in [-0.3, -0.25) is 4.79 Å². The Hall–Kier alpha value is -3.41. The first-order valence-electron chi connectivity index (χ1n) is 9.98. The molecule has 1 fully saturated rings. The molecule has 6 heteroatoms. The minimum atomic E-state index is -0.0599. The van der Waals surface area contributed by atoms with E-state index in [1.165, 1.54) is 19.3 Å². The summed E-state index contributed by atoms with van der Waals surface area (Å²) in [7, 11) is 0. The molecule has 0 radical (unpaired) electrons. The maximum atomic E-state index is 12.7. The third-order valence-corrected chi connectivity index (χ3v) is 5.38. The molecule has 146 valence electrons. The molecule has 6 nitrogen and oxygen atoms in total. The van der Waals surface area contributed by atoms with E-state index >= 15 is 0 Å². The predicted octanol–water partition coefficient (Wildman–Crippen LogP) is 5.21. The van der Waals surface area contributed by atoms with Gasteiger partial charge in [-0.05, 0) is 55.3 Å². The molecule has 0 saturated heterocycles. The lowest BCUT2D eigenvalue weighted by Crippen LogP contribution is -2.36. The van der Waals surface area contributed by atoms with Crippen molar-refractivity contribution in [2.45, 2.75) is 38.1 Å². The summed E-state index contributed by atoms with van der Waals surface area (Å²) in [4.78, 5) is 22.2. The minimum Gasteiger partial charge on any atom is -0.463 e. The van der Waals surface area contributed by atoms with Gasteiger partial charge in [-0.25, -0.2) is 9.97 Å². The quantitative estimate of drug-likeness (QED) is 0.520. The van der Waals surface area contributed by atoms with Gasteiger partial charge in [-0.1, -0.05) is 19.3 Å². The van der Waals surface area contributed by atoms with E-state index in [0.717, 1.165) is 12.8 Å². The number of nitrogens with zero attached hydrogens (tertiary/aromatic N) is 2. The van der Waals surface area contributed by atoms with E-state index < -0.39 is 0 Å². The molecule has 1 amide bonds. The Balaban J connectivity index is 1.54. The first-order chi connectivity index (χ1) is 14.3. The molecule has 0 unspecified atom stereocenters. The highest BCUT2D eigenvalue weighted by Crippen LogP contribution is 2.31. The number of hydrogen-bond donors (Lipinski definition) is 1. The van der Waals surface area contributed by atoms with Crippen molar-refractivity contribution in [3.8, 4) is 22.9 Å². The zero-order valence-corrected chi connectivity index (χ0v) is 15.9. The Labute approximate surface area is 168 Å². The van der Waals surface area contributed by atoms with Crippen molar-refractivity contribution < 1.29 is 13.6 Å². The molecule has 0 spiro atoms.